The van der Waals surface area contributed by atoms with Gasteiger partial charge in [-0.15, -0.1) is 0 Å². The highest BCUT2D eigenvalue weighted by molar-refractivity contribution is 4.87. The van der Waals surface area contributed by atoms with Gasteiger partial charge in [0.25, 0.3) is 0 Å². The van der Waals surface area contributed by atoms with Gasteiger partial charge in [0.05, 0.1) is 6.61 Å². The van der Waals surface area contributed by atoms with Crippen molar-refractivity contribution in [2.24, 2.45) is 5.41 Å². The molecule has 1 atom stereocenters. The lowest BCUT2D eigenvalue weighted by Crippen LogP contribution is -2.49. The van der Waals surface area contributed by atoms with Crippen LogP contribution in [0.1, 0.15) is 46.5 Å². The van der Waals surface area contributed by atoms with E-state index in [9.17, 15) is 0 Å². The summed E-state index contributed by atoms with van der Waals surface area (Å²) in [6.45, 7) is 14.5. The predicted octanol–water partition coefficient (Wildman–Crippen LogP) is 2.51. The van der Waals surface area contributed by atoms with Crippen molar-refractivity contribution in [3.05, 3.63) is 0 Å². The third-order valence-corrected chi connectivity index (χ3v) is 3.88. The largest absolute Gasteiger partial charge is 0.381 e. The third kappa shape index (κ3) is 5.25. The van der Waals surface area contributed by atoms with Crippen LogP contribution in [0.25, 0.3) is 0 Å². The molecule has 0 aliphatic carbocycles. The second kappa shape index (κ2) is 8.89. The molecule has 0 amide bonds. The molecule has 1 saturated heterocycles. The van der Waals surface area contributed by atoms with Crippen molar-refractivity contribution >= 4 is 0 Å². The summed E-state index contributed by atoms with van der Waals surface area (Å²) in [4.78, 5) is 2.59. The first-order chi connectivity index (χ1) is 8.76. The van der Waals surface area contributed by atoms with Crippen molar-refractivity contribution in [2.75, 3.05) is 45.9 Å². The van der Waals surface area contributed by atoms with E-state index in [2.05, 4.69) is 31.0 Å². The summed E-state index contributed by atoms with van der Waals surface area (Å²) in [7, 11) is 0. The molecule has 1 fully saturated rings. The fourth-order valence-electron chi connectivity index (χ4n) is 2.90. The Morgan fingerprint density at radius 1 is 1.22 bits per heavy atom. The normalized spacial score (nSPS) is 24.7. The summed E-state index contributed by atoms with van der Waals surface area (Å²) in [6.07, 6.45) is 4.98. The second-order valence-electron chi connectivity index (χ2n) is 5.70. The Kier molecular flexibility index (Phi) is 7.87. The minimum atomic E-state index is 0.346. The maximum Gasteiger partial charge on any atom is 0.0546 e. The highest BCUT2D eigenvalue weighted by Gasteiger charge is 2.33. The van der Waals surface area contributed by atoms with Crippen LogP contribution in [-0.4, -0.2) is 50.8 Å². The molecule has 1 aliphatic heterocycles. The SMILES string of the molecule is CCCNCC1(CN(CC)CCC)CCCOC1. The van der Waals surface area contributed by atoms with Gasteiger partial charge in [-0.05, 0) is 45.3 Å². The lowest BCUT2D eigenvalue weighted by molar-refractivity contribution is -0.0254. The molecule has 0 spiro atoms. The lowest BCUT2D eigenvalue weighted by atomic mass is 9.81. The van der Waals surface area contributed by atoms with Crippen LogP contribution in [0.2, 0.25) is 0 Å². The zero-order chi connectivity index (χ0) is 13.3. The van der Waals surface area contributed by atoms with E-state index in [-0.39, 0.29) is 0 Å². The van der Waals surface area contributed by atoms with Crippen molar-refractivity contribution in [3.8, 4) is 0 Å². The average Bonchev–Trinajstić information content (AvgIpc) is 2.40. The summed E-state index contributed by atoms with van der Waals surface area (Å²) in [5.74, 6) is 0. The molecule has 0 radical (unpaired) electrons. The standard InChI is InChI=1S/C15H32N2O/c1-4-9-16-12-15(8-7-11-18-14-15)13-17(6-3)10-5-2/h16H,4-14H2,1-3H3. The van der Waals surface area contributed by atoms with Gasteiger partial charge in [0.1, 0.15) is 0 Å². The number of ether oxygens (including phenoxy) is 1. The lowest BCUT2D eigenvalue weighted by Gasteiger charge is -2.41. The van der Waals surface area contributed by atoms with Gasteiger partial charge in [-0.2, -0.15) is 0 Å². The molecule has 0 aromatic carbocycles. The van der Waals surface area contributed by atoms with Gasteiger partial charge in [0, 0.05) is 25.1 Å². The zero-order valence-electron chi connectivity index (χ0n) is 12.6. The van der Waals surface area contributed by atoms with E-state index in [1.807, 2.05) is 0 Å². The average molecular weight is 256 g/mol. The molecule has 3 nitrogen and oxygen atoms in total. The minimum absolute atomic E-state index is 0.346. The topological polar surface area (TPSA) is 24.5 Å². The van der Waals surface area contributed by atoms with Crippen molar-refractivity contribution < 1.29 is 4.74 Å². The molecule has 108 valence electrons. The molecule has 1 rings (SSSR count). The molecule has 1 N–H and O–H groups in total. The summed E-state index contributed by atoms with van der Waals surface area (Å²) in [6, 6.07) is 0. The highest BCUT2D eigenvalue weighted by atomic mass is 16.5. The van der Waals surface area contributed by atoms with Crippen molar-refractivity contribution in [3.63, 3.8) is 0 Å². The van der Waals surface area contributed by atoms with Crippen LogP contribution in [0.5, 0.6) is 0 Å². The number of hydrogen-bond donors (Lipinski definition) is 1. The van der Waals surface area contributed by atoms with E-state index < -0.39 is 0 Å². The third-order valence-electron chi connectivity index (χ3n) is 3.88. The second-order valence-corrected chi connectivity index (χ2v) is 5.70. The minimum Gasteiger partial charge on any atom is -0.381 e. The Morgan fingerprint density at radius 2 is 2.06 bits per heavy atom. The van der Waals surface area contributed by atoms with Gasteiger partial charge in [0.15, 0.2) is 0 Å². The van der Waals surface area contributed by atoms with E-state index in [0.29, 0.717) is 5.41 Å². The first kappa shape index (κ1) is 15.9. The molecule has 1 heterocycles. The molecule has 0 aromatic heterocycles. The molecule has 0 saturated carbocycles. The van der Waals surface area contributed by atoms with Crippen molar-refractivity contribution in [1.82, 2.24) is 10.2 Å². The number of nitrogens with one attached hydrogen (secondary N) is 1. The van der Waals surface area contributed by atoms with Gasteiger partial charge >= 0.3 is 0 Å². The van der Waals surface area contributed by atoms with Crippen LogP contribution >= 0.6 is 0 Å². The first-order valence-corrected chi connectivity index (χ1v) is 7.77. The maximum atomic E-state index is 5.77. The number of rotatable bonds is 9. The summed E-state index contributed by atoms with van der Waals surface area (Å²) >= 11 is 0. The predicted molar refractivity (Wildman–Crippen MR) is 78.1 cm³/mol. The molecular weight excluding hydrogens is 224 g/mol. The Labute approximate surface area is 113 Å². The Morgan fingerprint density at radius 3 is 2.61 bits per heavy atom. The quantitative estimate of drug-likeness (QED) is 0.642. The van der Waals surface area contributed by atoms with Crippen LogP contribution in [0.3, 0.4) is 0 Å². The van der Waals surface area contributed by atoms with E-state index >= 15 is 0 Å². The molecule has 1 unspecified atom stereocenters. The zero-order valence-corrected chi connectivity index (χ0v) is 12.6. The fourth-order valence-corrected chi connectivity index (χ4v) is 2.90. The van der Waals surface area contributed by atoms with Crippen LogP contribution < -0.4 is 5.32 Å². The fraction of sp³-hybridized carbons (Fsp3) is 1.00. The Balaban J connectivity index is 2.52. The van der Waals surface area contributed by atoms with Gasteiger partial charge in [0.2, 0.25) is 0 Å². The molecule has 1 aliphatic rings. The van der Waals surface area contributed by atoms with Crippen LogP contribution in [-0.2, 0) is 4.74 Å². The molecule has 0 aromatic rings. The molecule has 0 bridgehead atoms. The number of nitrogens with zero attached hydrogens (tertiary/aromatic N) is 1. The highest BCUT2D eigenvalue weighted by Crippen LogP contribution is 2.29. The van der Waals surface area contributed by atoms with E-state index in [1.165, 1.54) is 38.8 Å². The maximum absolute atomic E-state index is 5.77. The number of hydrogen-bond acceptors (Lipinski definition) is 3. The van der Waals surface area contributed by atoms with Crippen molar-refractivity contribution in [1.29, 1.82) is 0 Å². The molecule has 18 heavy (non-hydrogen) atoms. The molecular formula is C15H32N2O. The van der Waals surface area contributed by atoms with Gasteiger partial charge in [-0.3, -0.25) is 0 Å². The van der Waals surface area contributed by atoms with Crippen molar-refractivity contribution in [2.45, 2.75) is 46.5 Å². The van der Waals surface area contributed by atoms with Crippen LogP contribution in [0.15, 0.2) is 0 Å². The van der Waals surface area contributed by atoms with E-state index in [0.717, 1.165) is 32.8 Å². The van der Waals surface area contributed by atoms with Gasteiger partial charge in [-0.1, -0.05) is 20.8 Å². The smallest absolute Gasteiger partial charge is 0.0546 e. The Bertz CT molecular complexity index is 203. The van der Waals surface area contributed by atoms with Gasteiger partial charge < -0.3 is 15.0 Å². The summed E-state index contributed by atoms with van der Waals surface area (Å²) in [5, 5.41) is 3.61. The first-order valence-electron chi connectivity index (χ1n) is 7.77. The van der Waals surface area contributed by atoms with E-state index in [4.69, 9.17) is 4.74 Å². The Hall–Kier alpha value is -0.120. The summed E-state index contributed by atoms with van der Waals surface area (Å²) in [5.41, 5.74) is 0.346. The van der Waals surface area contributed by atoms with E-state index in [1.54, 1.807) is 0 Å². The van der Waals surface area contributed by atoms with Crippen LogP contribution in [0.4, 0.5) is 0 Å². The molecule has 3 heteroatoms. The van der Waals surface area contributed by atoms with Crippen LogP contribution in [0, 0.1) is 5.41 Å². The van der Waals surface area contributed by atoms with Gasteiger partial charge in [-0.25, -0.2) is 0 Å². The summed E-state index contributed by atoms with van der Waals surface area (Å²) < 4.78 is 5.77. The monoisotopic (exact) mass is 256 g/mol.